The second-order valence-electron chi connectivity index (χ2n) is 5.99. The average Bonchev–Trinajstić information content (AvgIpc) is 3.02. The Morgan fingerprint density at radius 3 is 2.95 bits per heavy atom. The van der Waals surface area contributed by atoms with Gasteiger partial charge in [0.2, 0.25) is 0 Å². The summed E-state index contributed by atoms with van der Waals surface area (Å²) in [6.07, 6.45) is 5.14. The molecule has 1 saturated carbocycles. The van der Waals surface area contributed by atoms with E-state index in [0.717, 1.165) is 37.7 Å². The van der Waals surface area contributed by atoms with E-state index in [-0.39, 0.29) is 11.6 Å². The van der Waals surface area contributed by atoms with Crippen molar-refractivity contribution in [1.82, 2.24) is 10.1 Å². The first kappa shape index (κ1) is 12.1. The summed E-state index contributed by atoms with van der Waals surface area (Å²) < 4.78 is 5.36. The molecule has 0 amide bonds. The topological polar surface area (TPSA) is 91.0 Å². The molecule has 0 radical (unpaired) electrons. The Morgan fingerprint density at radius 2 is 2.15 bits per heavy atom. The molecule has 2 aliphatic rings. The maximum absolute atomic E-state index is 6.14. The van der Waals surface area contributed by atoms with Crippen molar-refractivity contribution in [2.75, 3.05) is 0 Å². The highest BCUT2D eigenvalue weighted by molar-refractivity contribution is 5.56. The van der Waals surface area contributed by atoms with Crippen molar-refractivity contribution in [3.8, 4) is 11.5 Å². The van der Waals surface area contributed by atoms with Gasteiger partial charge in [0.05, 0.1) is 5.54 Å². The van der Waals surface area contributed by atoms with Crippen LogP contribution >= 0.6 is 0 Å². The predicted molar refractivity (Wildman–Crippen MR) is 74.7 cm³/mol. The zero-order valence-corrected chi connectivity index (χ0v) is 11.3. The van der Waals surface area contributed by atoms with Gasteiger partial charge in [-0.3, -0.25) is 0 Å². The maximum atomic E-state index is 6.14. The molecule has 1 heterocycles. The number of rotatable bonds is 2. The van der Waals surface area contributed by atoms with Gasteiger partial charge in [-0.15, -0.1) is 0 Å². The molecule has 20 heavy (non-hydrogen) atoms. The third kappa shape index (κ3) is 1.85. The highest BCUT2D eigenvalue weighted by Gasteiger charge is 2.44. The lowest BCUT2D eigenvalue weighted by Gasteiger charge is -2.22. The fraction of sp³-hybridized carbons (Fsp3) is 0.467. The molecular weight excluding hydrogens is 252 g/mol. The van der Waals surface area contributed by atoms with E-state index in [0.29, 0.717) is 11.7 Å². The Morgan fingerprint density at radius 1 is 1.30 bits per heavy atom. The van der Waals surface area contributed by atoms with Gasteiger partial charge >= 0.3 is 0 Å². The van der Waals surface area contributed by atoms with Gasteiger partial charge in [-0.2, -0.15) is 4.98 Å². The zero-order chi connectivity index (χ0) is 13.7. The highest BCUT2D eigenvalue weighted by atomic mass is 16.5. The summed E-state index contributed by atoms with van der Waals surface area (Å²) in [5.41, 5.74) is 15.4. The molecule has 1 unspecified atom stereocenters. The van der Waals surface area contributed by atoms with E-state index in [1.54, 1.807) is 0 Å². The van der Waals surface area contributed by atoms with Crippen molar-refractivity contribution in [2.45, 2.75) is 43.7 Å². The average molecular weight is 270 g/mol. The number of nitrogens with zero attached hydrogens (tertiary/aromatic N) is 2. The first-order valence-corrected chi connectivity index (χ1v) is 7.18. The van der Waals surface area contributed by atoms with E-state index in [1.165, 1.54) is 11.1 Å². The summed E-state index contributed by atoms with van der Waals surface area (Å²) in [6, 6.07) is 6.39. The number of fused-ring (bicyclic) bond motifs is 1. The number of benzene rings is 1. The molecule has 4 N–H and O–H groups in total. The number of nitrogens with two attached hydrogens (primary N) is 2. The highest BCUT2D eigenvalue weighted by Crippen LogP contribution is 2.41. The number of aromatic nitrogens is 2. The summed E-state index contributed by atoms with van der Waals surface area (Å²) >= 11 is 0. The van der Waals surface area contributed by atoms with E-state index >= 15 is 0 Å². The first-order chi connectivity index (χ1) is 9.66. The molecule has 2 aliphatic carbocycles. The lowest BCUT2D eigenvalue weighted by atomic mass is 9.87. The quantitative estimate of drug-likeness (QED) is 0.871. The van der Waals surface area contributed by atoms with E-state index in [2.05, 4.69) is 22.3 Å². The molecule has 5 heteroatoms. The third-order valence-electron chi connectivity index (χ3n) is 4.41. The van der Waals surface area contributed by atoms with Gasteiger partial charge in [0.1, 0.15) is 0 Å². The van der Waals surface area contributed by atoms with Crippen LogP contribution in [0.1, 0.15) is 48.7 Å². The molecule has 5 nitrogen and oxygen atoms in total. The van der Waals surface area contributed by atoms with Gasteiger partial charge in [-0.05, 0) is 55.4 Å². The van der Waals surface area contributed by atoms with E-state index in [4.69, 9.17) is 16.0 Å². The SMILES string of the molecule is NC1CCCc2cc(-c3nc(C4(N)CC4)no3)ccc21. The molecule has 1 aromatic heterocycles. The minimum Gasteiger partial charge on any atom is -0.334 e. The summed E-state index contributed by atoms with van der Waals surface area (Å²) in [7, 11) is 0. The number of aryl methyl sites for hydroxylation is 1. The molecule has 0 aliphatic heterocycles. The van der Waals surface area contributed by atoms with Crippen LogP contribution in [0.3, 0.4) is 0 Å². The Labute approximate surface area is 117 Å². The van der Waals surface area contributed by atoms with Crippen LogP contribution in [-0.2, 0) is 12.0 Å². The van der Waals surface area contributed by atoms with Crippen LogP contribution in [0, 0.1) is 0 Å². The van der Waals surface area contributed by atoms with Gasteiger partial charge in [0.25, 0.3) is 5.89 Å². The molecule has 0 bridgehead atoms. The summed E-state index contributed by atoms with van der Waals surface area (Å²) in [5.74, 6) is 1.18. The first-order valence-electron chi connectivity index (χ1n) is 7.18. The number of hydrogen-bond acceptors (Lipinski definition) is 5. The molecular formula is C15H18N4O. The minimum absolute atomic E-state index is 0.157. The smallest absolute Gasteiger partial charge is 0.258 e. The molecule has 1 aromatic carbocycles. The molecule has 2 aromatic rings. The third-order valence-corrected chi connectivity index (χ3v) is 4.41. The molecule has 0 spiro atoms. The Balaban J connectivity index is 1.70. The van der Waals surface area contributed by atoms with Gasteiger partial charge < -0.3 is 16.0 Å². The fourth-order valence-corrected chi connectivity index (χ4v) is 2.89. The van der Waals surface area contributed by atoms with E-state index in [9.17, 15) is 0 Å². The number of hydrogen-bond donors (Lipinski definition) is 2. The Kier molecular flexibility index (Phi) is 2.49. The maximum Gasteiger partial charge on any atom is 0.258 e. The minimum atomic E-state index is -0.349. The van der Waals surface area contributed by atoms with Crippen molar-refractivity contribution in [2.24, 2.45) is 11.5 Å². The van der Waals surface area contributed by atoms with E-state index in [1.807, 2.05) is 6.07 Å². The van der Waals surface area contributed by atoms with Crippen LogP contribution < -0.4 is 11.5 Å². The largest absolute Gasteiger partial charge is 0.334 e. The second-order valence-corrected chi connectivity index (χ2v) is 5.99. The predicted octanol–water partition coefficient (Wildman–Crippen LogP) is 2.02. The molecule has 4 rings (SSSR count). The van der Waals surface area contributed by atoms with Gasteiger partial charge in [-0.1, -0.05) is 11.2 Å². The van der Waals surface area contributed by atoms with Crippen LogP contribution in [0.15, 0.2) is 22.7 Å². The van der Waals surface area contributed by atoms with Crippen molar-refractivity contribution >= 4 is 0 Å². The van der Waals surface area contributed by atoms with Crippen LogP contribution in [0.2, 0.25) is 0 Å². The zero-order valence-electron chi connectivity index (χ0n) is 11.3. The van der Waals surface area contributed by atoms with Crippen LogP contribution in [-0.4, -0.2) is 10.1 Å². The van der Waals surface area contributed by atoms with Crippen molar-refractivity contribution in [3.05, 3.63) is 35.2 Å². The molecule has 104 valence electrons. The lowest BCUT2D eigenvalue weighted by Crippen LogP contribution is -2.20. The lowest BCUT2D eigenvalue weighted by molar-refractivity contribution is 0.414. The standard InChI is InChI=1S/C15H18N4O/c16-12-3-1-2-9-8-10(4-5-11(9)12)13-18-14(19-20-13)15(17)6-7-15/h4-5,8,12H,1-3,6-7,16-17H2. The van der Waals surface area contributed by atoms with Crippen LogP contribution in [0.25, 0.3) is 11.5 Å². The van der Waals surface area contributed by atoms with Gasteiger partial charge in [-0.25, -0.2) is 0 Å². The molecule has 0 saturated heterocycles. The monoisotopic (exact) mass is 270 g/mol. The molecule has 1 fully saturated rings. The summed E-state index contributed by atoms with van der Waals surface area (Å²) in [5, 5.41) is 4.02. The fourth-order valence-electron chi connectivity index (χ4n) is 2.89. The molecule has 1 atom stereocenters. The Bertz CT molecular complexity index is 660. The van der Waals surface area contributed by atoms with Crippen molar-refractivity contribution < 1.29 is 4.52 Å². The van der Waals surface area contributed by atoms with Gasteiger partial charge in [0.15, 0.2) is 5.82 Å². The van der Waals surface area contributed by atoms with Crippen LogP contribution in [0.4, 0.5) is 0 Å². The van der Waals surface area contributed by atoms with Crippen molar-refractivity contribution in [3.63, 3.8) is 0 Å². The van der Waals surface area contributed by atoms with Gasteiger partial charge in [0, 0.05) is 11.6 Å². The Hall–Kier alpha value is -1.72. The second kappa shape index (κ2) is 4.14. The summed E-state index contributed by atoms with van der Waals surface area (Å²) in [6.45, 7) is 0. The summed E-state index contributed by atoms with van der Waals surface area (Å²) in [4.78, 5) is 4.45. The van der Waals surface area contributed by atoms with Crippen molar-refractivity contribution in [1.29, 1.82) is 0 Å². The van der Waals surface area contributed by atoms with E-state index < -0.39 is 0 Å². The normalized spacial score (nSPS) is 23.4. The van der Waals surface area contributed by atoms with Crippen LogP contribution in [0.5, 0.6) is 0 Å².